The minimum atomic E-state index is -0.157. The Morgan fingerprint density at radius 1 is 1.23 bits per heavy atom. The number of hydrogen-bond donors (Lipinski definition) is 1. The first-order chi connectivity index (χ1) is 10.5. The highest BCUT2D eigenvalue weighted by atomic mass is 35.5. The first-order valence-corrected chi connectivity index (χ1v) is 7.34. The summed E-state index contributed by atoms with van der Waals surface area (Å²) < 4.78 is 5.39. The van der Waals surface area contributed by atoms with Gasteiger partial charge in [0.1, 0.15) is 11.5 Å². The Balaban J connectivity index is 2.05. The number of carbonyl (C=O) groups is 1. The smallest absolute Gasteiger partial charge is 0.253 e. The van der Waals surface area contributed by atoms with Crippen LogP contribution in [-0.2, 0) is 6.54 Å². The van der Waals surface area contributed by atoms with Crippen molar-refractivity contribution in [3.05, 3.63) is 58.6 Å². The molecule has 0 aliphatic carbocycles. The Morgan fingerprint density at radius 3 is 2.50 bits per heavy atom. The van der Waals surface area contributed by atoms with E-state index in [4.69, 9.17) is 16.3 Å². The van der Waals surface area contributed by atoms with E-state index in [1.54, 1.807) is 18.0 Å². The number of hydrogen-bond acceptors (Lipinski definition) is 3. The normalized spacial score (nSPS) is 10.3. The number of carbonyl (C=O) groups excluding carboxylic acids is 1. The molecule has 2 aromatic carbocycles. The van der Waals surface area contributed by atoms with E-state index >= 15 is 0 Å². The monoisotopic (exact) mass is 319 g/mol. The third-order valence-corrected chi connectivity index (χ3v) is 3.50. The molecule has 116 valence electrons. The van der Waals surface area contributed by atoms with E-state index in [0.717, 1.165) is 11.3 Å². The highest BCUT2D eigenvalue weighted by Gasteiger charge is 2.13. The fraction of sp³-hybridized carbons (Fsp3) is 0.235. The lowest BCUT2D eigenvalue weighted by Crippen LogP contribution is -2.26. The lowest BCUT2D eigenvalue weighted by molar-refractivity contribution is 0.0785. The second kappa shape index (κ2) is 7.18. The van der Waals surface area contributed by atoms with Crippen LogP contribution in [0.25, 0.3) is 0 Å². The van der Waals surface area contributed by atoms with E-state index in [1.807, 2.05) is 31.2 Å². The molecule has 0 atom stereocenters. The molecule has 0 radical (unpaired) electrons. The van der Waals surface area contributed by atoms with Gasteiger partial charge in [-0.1, -0.05) is 23.7 Å². The van der Waals surface area contributed by atoms with E-state index in [1.165, 1.54) is 12.1 Å². The molecule has 0 bridgehead atoms. The summed E-state index contributed by atoms with van der Waals surface area (Å²) in [4.78, 5) is 13.9. The molecule has 0 aliphatic heterocycles. The summed E-state index contributed by atoms with van der Waals surface area (Å²) in [5, 5.41) is 9.57. The van der Waals surface area contributed by atoms with Crippen molar-refractivity contribution in [3.63, 3.8) is 0 Å². The van der Waals surface area contributed by atoms with Crippen molar-refractivity contribution < 1.29 is 14.6 Å². The lowest BCUT2D eigenvalue weighted by Gasteiger charge is -2.18. The Labute approximate surface area is 134 Å². The summed E-state index contributed by atoms with van der Waals surface area (Å²) in [7, 11) is 1.72. The molecule has 0 aliphatic rings. The highest BCUT2D eigenvalue weighted by Crippen LogP contribution is 2.24. The molecule has 0 aromatic heterocycles. The first kappa shape index (κ1) is 16.2. The average molecular weight is 320 g/mol. The molecule has 0 fully saturated rings. The van der Waals surface area contributed by atoms with E-state index in [9.17, 15) is 9.90 Å². The van der Waals surface area contributed by atoms with E-state index < -0.39 is 0 Å². The quantitative estimate of drug-likeness (QED) is 0.913. The van der Waals surface area contributed by atoms with Gasteiger partial charge in [-0.25, -0.2) is 0 Å². The Hall–Kier alpha value is -2.20. The number of phenolic OH excluding ortho intramolecular Hbond substituents is 1. The van der Waals surface area contributed by atoms with E-state index in [2.05, 4.69) is 0 Å². The molecule has 0 unspecified atom stereocenters. The van der Waals surface area contributed by atoms with Gasteiger partial charge in [-0.05, 0) is 42.8 Å². The van der Waals surface area contributed by atoms with E-state index in [0.29, 0.717) is 18.7 Å². The molecule has 22 heavy (non-hydrogen) atoms. The topological polar surface area (TPSA) is 49.8 Å². The summed E-state index contributed by atoms with van der Waals surface area (Å²) >= 11 is 5.84. The van der Waals surface area contributed by atoms with Gasteiger partial charge < -0.3 is 14.7 Å². The van der Waals surface area contributed by atoms with Crippen LogP contribution in [0.2, 0.25) is 5.02 Å². The summed E-state index contributed by atoms with van der Waals surface area (Å²) in [6, 6.07) is 12.1. The SMILES string of the molecule is CCOc1ccc(CN(C)C(=O)c2ccc(O)c(Cl)c2)cc1. The number of ether oxygens (including phenoxy) is 1. The Bertz CT molecular complexity index is 655. The van der Waals surface area contributed by atoms with Crippen LogP contribution >= 0.6 is 11.6 Å². The van der Waals surface area contributed by atoms with E-state index in [-0.39, 0.29) is 16.7 Å². The van der Waals surface area contributed by atoms with Gasteiger partial charge in [0.05, 0.1) is 11.6 Å². The minimum Gasteiger partial charge on any atom is -0.506 e. The zero-order chi connectivity index (χ0) is 16.1. The number of rotatable bonds is 5. The molecule has 1 N–H and O–H groups in total. The van der Waals surface area contributed by atoms with Crippen molar-refractivity contribution in [2.24, 2.45) is 0 Å². The fourth-order valence-electron chi connectivity index (χ4n) is 2.06. The maximum absolute atomic E-state index is 12.3. The summed E-state index contributed by atoms with van der Waals surface area (Å²) in [6.45, 7) is 3.03. The minimum absolute atomic E-state index is 0.0348. The molecule has 0 saturated heterocycles. The summed E-state index contributed by atoms with van der Waals surface area (Å²) in [5.74, 6) is 0.619. The molecule has 4 nitrogen and oxygen atoms in total. The van der Waals surface area contributed by atoms with Crippen LogP contribution < -0.4 is 4.74 Å². The van der Waals surface area contributed by atoms with Crippen molar-refractivity contribution in [1.82, 2.24) is 4.90 Å². The summed E-state index contributed by atoms with van der Waals surface area (Å²) in [5.41, 5.74) is 1.44. The first-order valence-electron chi connectivity index (χ1n) is 6.97. The van der Waals surface area contributed by atoms with Crippen LogP contribution in [0.4, 0.5) is 0 Å². The largest absolute Gasteiger partial charge is 0.506 e. The molecular weight excluding hydrogens is 302 g/mol. The lowest BCUT2D eigenvalue weighted by atomic mass is 10.1. The molecule has 1 amide bonds. The van der Waals surface area contributed by atoms with Gasteiger partial charge >= 0.3 is 0 Å². The molecule has 0 saturated carbocycles. The van der Waals surface area contributed by atoms with Crippen LogP contribution in [-0.4, -0.2) is 29.6 Å². The third-order valence-electron chi connectivity index (χ3n) is 3.20. The second-order valence-electron chi connectivity index (χ2n) is 4.90. The van der Waals surface area contributed by atoms with Crippen LogP contribution in [0.3, 0.4) is 0 Å². The zero-order valence-electron chi connectivity index (χ0n) is 12.5. The van der Waals surface area contributed by atoms with Crippen molar-refractivity contribution in [2.45, 2.75) is 13.5 Å². The molecule has 2 aromatic rings. The zero-order valence-corrected chi connectivity index (χ0v) is 13.3. The average Bonchev–Trinajstić information content (AvgIpc) is 2.51. The highest BCUT2D eigenvalue weighted by molar-refractivity contribution is 6.32. The molecule has 5 heteroatoms. The molecule has 0 heterocycles. The van der Waals surface area contributed by atoms with Gasteiger partial charge in [0.25, 0.3) is 5.91 Å². The third kappa shape index (κ3) is 3.92. The van der Waals surface area contributed by atoms with Gasteiger partial charge in [0.15, 0.2) is 0 Å². The maximum Gasteiger partial charge on any atom is 0.253 e. The van der Waals surface area contributed by atoms with Gasteiger partial charge in [-0.3, -0.25) is 4.79 Å². The van der Waals surface area contributed by atoms with Gasteiger partial charge in [-0.15, -0.1) is 0 Å². The van der Waals surface area contributed by atoms with Crippen molar-refractivity contribution >= 4 is 17.5 Å². The van der Waals surface area contributed by atoms with Crippen molar-refractivity contribution in [1.29, 1.82) is 0 Å². The predicted molar refractivity (Wildman–Crippen MR) is 86.5 cm³/mol. The van der Waals surface area contributed by atoms with Crippen LogP contribution in [0, 0.1) is 0 Å². The van der Waals surface area contributed by atoms with Crippen LogP contribution in [0.5, 0.6) is 11.5 Å². The number of halogens is 1. The number of phenols is 1. The maximum atomic E-state index is 12.3. The van der Waals surface area contributed by atoms with Crippen molar-refractivity contribution in [2.75, 3.05) is 13.7 Å². The standard InChI is InChI=1S/C17H18ClNO3/c1-3-22-14-7-4-12(5-8-14)11-19(2)17(21)13-6-9-16(20)15(18)10-13/h4-10,20H,3,11H2,1-2H3. The molecule has 0 spiro atoms. The number of amides is 1. The van der Waals surface area contributed by atoms with Crippen molar-refractivity contribution in [3.8, 4) is 11.5 Å². The predicted octanol–water partition coefficient (Wildman–Crippen LogP) is 3.72. The van der Waals surface area contributed by atoms with Crippen LogP contribution in [0.1, 0.15) is 22.8 Å². The number of benzene rings is 2. The number of nitrogens with zero attached hydrogens (tertiary/aromatic N) is 1. The summed E-state index contributed by atoms with van der Waals surface area (Å²) in [6.07, 6.45) is 0. The second-order valence-corrected chi connectivity index (χ2v) is 5.31. The molecular formula is C17H18ClNO3. The Kier molecular flexibility index (Phi) is 5.28. The van der Waals surface area contributed by atoms with Gasteiger partial charge in [-0.2, -0.15) is 0 Å². The fourth-order valence-corrected chi connectivity index (χ4v) is 2.24. The number of aromatic hydroxyl groups is 1. The Morgan fingerprint density at radius 2 is 1.91 bits per heavy atom. The van der Waals surface area contributed by atoms with Gasteiger partial charge in [0, 0.05) is 19.2 Å². The molecule has 2 rings (SSSR count). The van der Waals surface area contributed by atoms with Gasteiger partial charge in [0.2, 0.25) is 0 Å². The van der Waals surface area contributed by atoms with Crippen LogP contribution in [0.15, 0.2) is 42.5 Å².